The van der Waals surface area contributed by atoms with Gasteiger partial charge in [-0.05, 0) is 63.1 Å². The molecule has 1 unspecified atom stereocenters. The van der Waals surface area contributed by atoms with Crippen molar-refractivity contribution < 1.29 is 13.9 Å². The number of ether oxygens (including phenoxy) is 1. The molecule has 1 atom stereocenters. The number of hydrogen-bond donors (Lipinski definition) is 1. The monoisotopic (exact) mass is 448 g/mol. The van der Waals surface area contributed by atoms with Crippen molar-refractivity contribution in [3.8, 4) is 5.75 Å². The smallest absolute Gasteiger partial charge is 0.230 e. The van der Waals surface area contributed by atoms with Crippen molar-refractivity contribution in [3.05, 3.63) is 58.3 Å². The average Bonchev–Trinajstić information content (AvgIpc) is 3.38. The van der Waals surface area contributed by atoms with Gasteiger partial charge in [0.25, 0.3) is 0 Å². The van der Waals surface area contributed by atoms with Crippen LogP contribution in [0, 0.1) is 13.8 Å². The van der Waals surface area contributed by atoms with Crippen LogP contribution in [0.5, 0.6) is 5.75 Å². The maximum Gasteiger partial charge on any atom is 0.230 e. The molecule has 0 saturated carbocycles. The summed E-state index contributed by atoms with van der Waals surface area (Å²) in [5, 5.41) is 12.8. The summed E-state index contributed by atoms with van der Waals surface area (Å²) in [6, 6.07) is 7.44. The van der Waals surface area contributed by atoms with Gasteiger partial charge in [0, 0.05) is 11.6 Å². The van der Waals surface area contributed by atoms with Gasteiger partial charge in [0.15, 0.2) is 17.1 Å². The van der Waals surface area contributed by atoms with Crippen molar-refractivity contribution in [2.24, 2.45) is 0 Å². The first-order valence-corrected chi connectivity index (χ1v) is 11.0. The average molecular weight is 449 g/mol. The third-order valence-electron chi connectivity index (χ3n) is 4.52. The molecule has 7 nitrogen and oxygen atoms in total. The molecule has 0 aliphatic heterocycles. The Morgan fingerprint density at radius 2 is 2.07 bits per heavy atom. The van der Waals surface area contributed by atoms with Crippen LogP contribution in [0.1, 0.15) is 42.7 Å². The van der Waals surface area contributed by atoms with Gasteiger partial charge in [-0.15, -0.1) is 10.2 Å². The van der Waals surface area contributed by atoms with Crippen molar-refractivity contribution >= 4 is 29.3 Å². The third kappa shape index (κ3) is 5.37. The van der Waals surface area contributed by atoms with Gasteiger partial charge in [0.1, 0.15) is 11.5 Å². The standard InChI is InChI=1S/C21H25ClN4O3S/c1-5-26-20(15(4)29-17-9-13(2)19(22)14(3)10-17)24-25-21(26)30-12-18(27)23-11-16-7-6-8-28-16/h6-10,15H,5,11-12H2,1-4H3,(H,23,27). The highest BCUT2D eigenvalue weighted by Crippen LogP contribution is 2.29. The number of hydrogen-bond acceptors (Lipinski definition) is 6. The number of aryl methyl sites for hydroxylation is 2. The molecule has 160 valence electrons. The largest absolute Gasteiger partial charge is 0.483 e. The first-order valence-electron chi connectivity index (χ1n) is 9.67. The van der Waals surface area contributed by atoms with Crippen LogP contribution in [0.4, 0.5) is 0 Å². The van der Waals surface area contributed by atoms with E-state index in [-0.39, 0.29) is 17.8 Å². The number of carbonyl (C=O) groups excluding carboxylic acids is 1. The highest BCUT2D eigenvalue weighted by Gasteiger charge is 2.20. The van der Waals surface area contributed by atoms with E-state index in [1.54, 1.807) is 12.3 Å². The molecule has 2 aromatic heterocycles. The van der Waals surface area contributed by atoms with Gasteiger partial charge in [0.2, 0.25) is 5.91 Å². The second-order valence-electron chi connectivity index (χ2n) is 6.86. The SMILES string of the molecule is CCn1c(SCC(=O)NCc2ccco2)nnc1C(C)Oc1cc(C)c(Cl)c(C)c1. The maximum atomic E-state index is 12.1. The van der Waals surface area contributed by atoms with Crippen LogP contribution in [0.15, 0.2) is 40.1 Å². The van der Waals surface area contributed by atoms with E-state index in [4.69, 9.17) is 20.8 Å². The number of nitrogens with zero attached hydrogens (tertiary/aromatic N) is 3. The Bertz CT molecular complexity index is 981. The lowest BCUT2D eigenvalue weighted by atomic mass is 10.1. The van der Waals surface area contributed by atoms with E-state index in [1.165, 1.54) is 11.8 Å². The normalized spacial score (nSPS) is 12.0. The summed E-state index contributed by atoms with van der Waals surface area (Å²) >= 11 is 7.59. The Morgan fingerprint density at radius 1 is 1.33 bits per heavy atom. The topological polar surface area (TPSA) is 82.2 Å². The minimum Gasteiger partial charge on any atom is -0.483 e. The minimum absolute atomic E-state index is 0.0972. The van der Waals surface area contributed by atoms with Crippen LogP contribution in [-0.2, 0) is 17.9 Å². The summed E-state index contributed by atoms with van der Waals surface area (Å²) < 4.78 is 13.3. The van der Waals surface area contributed by atoms with Crippen molar-refractivity contribution in [1.82, 2.24) is 20.1 Å². The van der Waals surface area contributed by atoms with Crippen LogP contribution < -0.4 is 10.1 Å². The van der Waals surface area contributed by atoms with Crippen LogP contribution in [0.2, 0.25) is 5.02 Å². The number of benzene rings is 1. The third-order valence-corrected chi connectivity index (χ3v) is 6.08. The van der Waals surface area contributed by atoms with Gasteiger partial charge in [-0.3, -0.25) is 4.79 Å². The maximum absolute atomic E-state index is 12.1. The molecule has 9 heteroatoms. The van der Waals surface area contributed by atoms with Gasteiger partial charge >= 0.3 is 0 Å². The van der Waals surface area contributed by atoms with E-state index in [1.807, 2.05) is 50.5 Å². The molecular weight excluding hydrogens is 424 g/mol. The minimum atomic E-state index is -0.306. The molecule has 1 aromatic carbocycles. The van der Waals surface area contributed by atoms with E-state index in [9.17, 15) is 4.79 Å². The molecule has 1 N–H and O–H groups in total. The molecule has 0 bridgehead atoms. The van der Waals surface area contributed by atoms with Crippen molar-refractivity contribution in [3.63, 3.8) is 0 Å². The first kappa shape index (κ1) is 22.2. The summed E-state index contributed by atoms with van der Waals surface area (Å²) in [5.74, 6) is 2.30. The number of nitrogens with one attached hydrogen (secondary N) is 1. The molecule has 0 aliphatic carbocycles. The lowest BCUT2D eigenvalue weighted by molar-refractivity contribution is -0.118. The number of aromatic nitrogens is 3. The second-order valence-corrected chi connectivity index (χ2v) is 8.18. The lowest BCUT2D eigenvalue weighted by Crippen LogP contribution is -2.24. The number of furan rings is 1. The summed E-state index contributed by atoms with van der Waals surface area (Å²) in [5.41, 5.74) is 1.93. The lowest BCUT2D eigenvalue weighted by Gasteiger charge is -2.17. The molecule has 0 radical (unpaired) electrons. The highest BCUT2D eigenvalue weighted by atomic mass is 35.5. The number of halogens is 1. The van der Waals surface area contributed by atoms with Crippen LogP contribution >= 0.6 is 23.4 Å². The molecule has 0 fully saturated rings. The van der Waals surface area contributed by atoms with Crippen LogP contribution in [0.3, 0.4) is 0 Å². The van der Waals surface area contributed by atoms with Crippen LogP contribution in [0.25, 0.3) is 0 Å². The Labute approximate surface area is 185 Å². The Kier molecular flexibility index (Phi) is 7.44. The number of rotatable bonds is 9. The van der Waals surface area contributed by atoms with Gasteiger partial charge in [-0.1, -0.05) is 23.4 Å². The molecule has 0 aliphatic rings. The van der Waals surface area contributed by atoms with Crippen molar-refractivity contribution in [2.45, 2.75) is 52.0 Å². The quantitative estimate of drug-likeness (QED) is 0.477. The molecule has 0 saturated heterocycles. The van der Waals surface area contributed by atoms with E-state index in [0.29, 0.717) is 29.8 Å². The van der Waals surface area contributed by atoms with E-state index in [0.717, 1.165) is 21.9 Å². The van der Waals surface area contributed by atoms with E-state index >= 15 is 0 Å². The van der Waals surface area contributed by atoms with Crippen molar-refractivity contribution in [2.75, 3.05) is 5.75 Å². The summed E-state index contributed by atoms with van der Waals surface area (Å²) in [4.78, 5) is 12.1. The fourth-order valence-corrected chi connectivity index (χ4v) is 3.96. The van der Waals surface area contributed by atoms with Crippen LogP contribution in [-0.4, -0.2) is 26.4 Å². The zero-order valence-corrected chi connectivity index (χ0v) is 19.0. The van der Waals surface area contributed by atoms with Gasteiger partial charge < -0.3 is 19.0 Å². The zero-order chi connectivity index (χ0) is 21.7. The molecule has 2 heterocycles. The van der Waals surface area contributed by atoms with Gasteiger partial charge in [-0.2, -0.15) is 0 Å². The molecule has 30 heavy (non-hydrogen) atoms. The molecule has 1 amide bonds. The Morgan fingerprint density at radius 3 is 2.70 bits per heavy atom. The van der Waals surface area contributed by atoms with Gasteiger partial charge in [-0.25, -0.2) is 0 Å². The zero-order valence-electron chi connectivity index (χ0n) is 17.4. The molecular formula is C21H25ClN4O3S. The molecule has 0 spiro atoms. The fourth-order valence-electron chi connectivity index (χ4n) is 3.02. The first-order chi connectivity index (χ1) is 14.4. The predicted octanol–water partition coefficient (Wildman–Crippen LogP) is 4.71. The second kappa shape index (κ2) is 10.0. The fraction of sp³-hybridized carbons (Fsp3) is 0.381. The Hall–Kier alpha value is -2.45. The summed E-state index contributed by atoms with van der Waals surface area (Å²) in [7, 11) is 0. The van der Waals surface area contributed by atoms with E-state index < -0.39 is 0 Å². The van der Waals surface area contributed by atoms with Crippen molar-refractivity contribution in [1.29, 1.82) is 0 Å². The number of amides is 1. The highest BCUT2D eigenvalue weighted by molar-refractivity contribution is 7.99. The number of thioether (sulfide) groups is 1. The summed E-state index contributed by atoms with van der Waals surface area (Å²) in [6.07, 6.45) is 1.27. The summed E-state index contributed by atoms with van der Waals surface area (Å²) in [6.45, 7) is 8.88. The van der Waals surface area contributed by atoms with Gasteiger partial charge in [0.05, 0.1) is 18.6 Å². The molecule has 3 rings (SSSR count). The number of carbonyl (C=O) groups is 1. The Balaban J connectivity index is 1.62. The van der Waals surface area contributed by atoms with E-state index in [2.05, 4.69) is 15.5 Å². The molecule has 3 aromatic rings. The predicted molar refractivity (Wildman–Crippen MR) is 117 cm³/mol.